The first-order chi connectivity index (χ1) is 20.4. The van der Waals surface area contributed by atoms with E-state index in [2.05, 4.69) is 25.9 Å². The van der Waals surface area contributed by atoms with Crippen molar-refractivity contribution in [2.45, 2.75) is 69.1 Å². The van der Waals surface area contributed by atoms with Crippen molar-refractivity contribution in [1.29, 1.82) is 0 Å². The summed E-state index contributed by atoms with van der Waals surface area (Å²) in [7, 11) is 0. The molecule has 16 nitrogen and oxygen atoms in total. The van der Waals surface area contributed by atoms with Crippen molar-refractivity contribution in [3.05, 3.63) is 36.0 Å². The van der Waals surface area contributed by atoms with E-state index in [9.17, 15) is 34.2 Å². The van der Waals surface area contributed by atoms with Gasteiger partial charge in [-0.3, -0.25) is 24.2 Å². The summed E-state index contributed by atoms with van der Waals surface area (Å²) >= 11 is 0. The van der Waals surface area contributed by atoms with Gasteiger partial charge in [0, 0.05) is 30.1 Å². The Balaban J connectivity index is 2.27. The van der Waals surface area contributed by atoms with Gasteiger partial charge in [0.25, 0.3) is 0 Å². The lowest BCUT2D eigenvalue weighted by atomic mass is 10.0. The van der Waals surface area contributed by atoms with E-state index in [1.54, 1.807) is 18.3 Å². The fourth-order valence-corrected chi connectivity index (χ4v) is 4.34. The molecule has 1 heterocycles. The molecular weight excluding hydrogens is 562 g/mol. The predicted octanol–water partition coefficient (Wildman–Crippen LogP) is -1.77. The summed E-state index contributed by atoms with van der Waals surface area (Å²) in [4.78, 5) is 69.6. The topological polar surface area (TPSA) is 294 Å². The number of aromatic amines is 1. The Morgan fingerprint density at radius 1 is 0.860 bits per heavy atom. The number of nitrogens with one attached hydrogen (secondary N) is 4. The molecule has 43 heavy (non-hydrogen) atoms. The van der Waals surface area contributed by atoms with Crippen molar-refractivity contribution in [2.75, 3.05) is 13.1 Å². The van der Waals surface area contributed by atoms with Crippen LogP contribution in [-0.2, 0) is 30.4 Å². The van der Waals surface area contributed by atoms with Crippen LogP contribution in [0.2, 0.25) is 0 Å². The molecule has 1 aromatic heterocycles. The van der Waals surface area contributed by atoms with Gasteiger partial charge in [0.2, 0.25) is 17.7 Å². The molecule has 0 bridgehead atoms. The molecule has 0 aliphatic carbocycles. The summed E-state index contributed by atoms with van der Waals surface area (Å²) in [6, 6.07) is 2.01. The minimum Gasteiger partial charge on any atom is -0.481 e. The Morgan fingerprint density at radius 2 is 1.51 bits per heavy atom. The van der Waals surface area contributed by atoms with Crippen LogP contribution in [0.3, 0.4) is 0 Å². The number of hydrogen-bond acceptors (Lipinski definition) is 8. The number of benzene rings is 1. The van der Waals surface area contributed by atoms with Gasteiger partial charge in [-0.2, -0.15) is 0 Å². The van der Waals surface area contributed by atoms with Crippen molar-refractivity contribution in [3.63, 3.8) is 0 Å². The molecule has 14 N–H and O–H groups in total. The van der Waals surface area contributed by atoms with Gasteiger partial charge < -0.3 is 54.1 Å². The van der Waals surface area contributed by atoms with Crippen molar-refractivity contribution >= 4 is 46.5 Å². The number of fused-ring (bicyclic) bond motifs is 1. The third kappa shape index (κ3) is 11.6. The quantitative estimate of drug-likeness (QED) is 0.0487. The van der Waals surface area contributed by atoms with Crippen molar-refractivity contribution in [1.82, 2.24) is 20.9 Å². The number of carbonyl (C=O) groups excluding carboxylic acids is 3. The van der Waals surface area contributed by atoms with Crippen LogP contribution in [0, 0.1) is 0 Å². The van der Waals surface area contributed by atoms with Crippen molar-refractivity contribution in [3.8, 4) is 0 Å². The Bertz CT molecular complexity index is 1290. The van der Waals surface area contributed by atoms with Crippen LogP contribution >= 0.6 is 0 Å². The van der Waals surface area contributed by atoms with E-state index in [1.807, 2.05) is 12.1 Å². The zero-order valence-electron chi connectivity index (χ0n) is 23.8. The molecule has 16 heteroatoms. The molecule has 0 saturated carbocycles. The van der Waals surface area contributed by atoms with E-state index in [0.29, 0.717) is 24.9 Å². The number of aliphatic imine (C=N–C) groups is 1. The van der Waals surface area contributed by atoms with Crippen LogP contribution < -0.4 is 38.9 Å². The number of hydrogen-bond donors (Lipinski definition) is 10. The van der Waals surface area contributed by atoms with E-state index in [1.165, 1.54) is 0 Å². The number of nitrogens with two attached hydrogens (primary N) is 4. The molecule has 4 unspecified atom stereocenters. The molecule has 0 spiro atoms. The molecule has 0 radical (unpaired) electrons. The lowest BCUT2D eigenvalue weighted by molar-refractivity contribution is -0.143. The van der Waals surface area contributed by atoms with Crippen molar-refractivity contribution in [2.24, 2.45) is 27.9 Å². The van der Waals surface area contributed by atoms with Gasteiger partial charge in [0.1, 0.15) is 18.1 Å². The summed E-state index contributed by atoms with van der Waals surface area (Å²) < 4.78 is 0. The fraction of sp³-hybridized carbons (Fsp3) is 0.481. The second-order valence-corrected chi connectivity index (χ2v) is 10.0. The molecule has 2 aromatic rings. The van der Waals surface area contributed by atoms with Crippen LogP contribution in [-0.4, -0.2) is 88.1 Å². The molecule has 0 saturated heterocycles. The van der Waals surface area contributed by atoms with Crippen LogP contribution in [0.1, 0.15) is 44.1 Å². The maximum absolute atomic E-state index is 13.4. The van der Waals surface area contributed by atoms with Gasteiger partial charge in [-0.25, -0.2) is 4.79 Å². The number of aromatic nitrogens is 1. The molecule has 0 aliphatic rings. The second kappa shape index (κ2) is 17.3. The number of H-pyrrole nitrogens is 1. The summed E-state index contributed by atoms with van der Waals surface area (Å²) in [5.74, 6) is -5.35. The molecule has 4 atom stereocenters. The number of unbranched alkanes of at least 4 members (excludes halogenated alkanes) is 1. The fourth-order valence-electron chi connectivity index (χ4n) is 4.34. The molecular formula is C27H41N9O7. The number of guanidine groups is 1. The van der Waals surface area contributed by atoms with Crippen LogP contribution in [0.4, 0.5) is 0 Å². The van der Waals surface area contributed by atoms with E-state index in [-0.39, 0.29) is 38.2 Å². The Morgan fingerprint density at radius 3 is 2.16 bits per heavy atom. The number of amides is 3. The van der Waals surface area contributed by atoms with E-state index in [0.717, 1.165) is 10.9 Å². The third-order valence-corrected chi connectivity index (χ3v) is 6.61. The number of carboxylic acid groups (broad SMARTS) is 2. The maximum atomic E-state index is 13.4. The SMILES string of the molecule is NCCCCC(N)C(=O)NC(CC(=O)O)C(=O)NC(Cc1c[nH]c2ccccc12)C(=O)NC(CCCN=C(N)N)C(=O)O. The van der Waals surface area contributed by atoms with Gasteiger partial charge >= 0.3 is 11.9 Å². The predicted molar refractivity (Wildman–Crippen MR) is 158 cm³/mol. The Kier molecular flexibility index (Phi) is 13.9. The number of carboxylic acids is 2. The highest BCUT2D eigenvalue weighted by atomic mass is 16.4. The number of rotatable bonds is 19. The third-order valence-electron chi connectivity index (χ3n) is 6.61. The number of carbonyl (C=O) groups is 5. The number of aliphatic carboxylic acids is 2. The minimum absolute atomic E-state index is 0.00858. The van der Waals surface area contributed by atoms with E-state index in [4.69, 9.17) is 22.9 Å². The first-order valence-electron chi connectivity index (χ1n) is 13.8. The smallest absolute Gasteiger partial charge is 0.326 e. The first-order valence-corrected chi connectivity index (χ1v) is 13.8. The standard InChI is InChI=1S/C27H41N9O7/c28-10-4-3-7-17(29)23(39)35-21(13-22(37)38)25(41)36-20(12-15-14-33-18-8-2-1-6-16(15)18)24(40)34-19(26(42)43)9-5-11-32-27(30)31/h1-2,6,8,14,17,19-21,33H,3-5,7,9-13,28-29H2,(H,34,40)(H,35,39)(H,36,41)(H,37,38)(H,42,43)(H4,30,31,32). The molecule has 3 amide bonds. The van der Waals surface area contributed by atoms with Gasteiger partial charge in [-0.05, 0) is 43.9 Å². The molecule has 1 aromatic carbocycles. The maximum Gasteiger partial charge on any atom is 0.326 e. The summed E-state index contributed by atoms with van der Waals surface area (Å²) in [6.07, 6.45) is 2.50. The Labute approximate surface area is 248 Å². The van der Waals surface area contributed by atoms with E-state index < -0.39 is 60.2 Å². The zero-order chi connectivity index (χ0) is 31.9. The second-order valence-electron chi connectivity index (χ2n) is 10.0. The highest BCUT2D eigenvalue weighted by molar-refractivity contribution is 5.96. The number of para-hydroxylation sites is 1. The first kappa shape index (κ1) is 34.5. The summed E-state index contributed by atoms with van der Waals surface area (Å²) in [5.41, 5.74) is 23.4. The highest BCUT2D eigenvalue weighted by Gasteiger charge is 2.32. The average molecular weight is 604 g/mol. The lowest BCUT2D eigenvalue weighted by Crippen LogP contribution is -2.58. The molecule has 0 aliphatic heterocycles. The molecule has 0 fully saturated rings. The van der Waals surface area contributed by atoms with Gasteiger partial charge in [0.15, 0.2) is 5.96 Å². The van der Waals surface area contributed by atoms with Crippen molar-refractivity contribution < 1.29 is 34.2 Å². The average Bonchev–Trinajstić information content (AvgIpc) is 3.35. The van der Waals surface area contributed by atoms with Gasteiger partial charge in [-0.15, -0.1) is 0 Å². The normalized spacial score (nSPS) is 13.7. The minimum atomic E-state index is -1.56. The molecule has 2 rings (SSSR count). The van der Waals surface area contributed by atoms with Gasteiger partial charge in [0.05, 0.1) is 12.5 Å². The van der Waals surface area contributed by atoms with Crippen LogP contribution in [0.15, 0.2) is 35.5 Å². The highest BCUT2D eigenvalue weighted by Crippen LogP contribution is 2.19. The Hall–Kier alpha value is -4.70. The monoisotopic (exact) mass is 603 g/mol. The summed E-state index contributed by atoms with van der Waals surface area (Å²) in [6.45, 7) is 0.555. The molecule has 236 valence electrons. The van der Waals surface area contributed by atoms with Crippen LogP contribution in [0.25, 0.3) is 10.9 Å². The van der Waals surface area contributed by atoms with Crippen LogP contribution in [0.5, 0.6) is 0 Å². The summed E-state index contributed by atoms with van der Waals surface area (Å²) in [5, 5.41) is 27.1. The number of nitrogens with zero attached hydrogens (tertiary/aromatic N) is 1. The largest absolute Gasteiger partial charge is 0.481 e. The zero-order valence-corrected chi connectivity index (χ0v) is 23.8. The van der Waals surface area contributed by atoms with Gasteiger partial charge in [-0.1, -0.05) is 24.6 Å². The lowest BCUT2D eigenvalue weighted by Gasteiger charge is -2.24. The van der Waals surface area contributed by atoms with E-state index >= 15 is 0 Å².